The fourth-order valence-corrected chi connectivity index (χ4v) is 6.67. The number of halogens is 3. The number of benzene rings is 1. The van der Waals surface area contributed by atoms with E-state index in [2.05, 4.69) is 15.9 Å². The SMILES string of the molecule is O=C(c1cc(Cl)cc(Cl)c1)N1CCN(S(=O)(=O)c2ccc(Br)s2)CC1. The summed E-state index contributed by atoms with van der Waals surface area (Å²) in [5, 5.41) is 0.778. The predicted molar refractivity (Wildman–Crippen MR) is 103 cm³/mol. The third-order valence-corrected chi connectivity index (χ3v) is 8.20. The van der Waals surface area contributed by atoms with Gasteiger partial charge in [-0.2, -0.15) is 4.31 Å². The van der Waals surface area contributed by atoms with E-state index in [0.29, 0.717) is 32.9 Å². The summed E-state index contributed by atoms with van der Waals surface area (Å²) in [6, 6.07) is 7.96. The molecular weight excluding hydrogens is 471 g/mol. The fourth-order valence-electron chi connectivity index (χ4n) is 2.56. The van der Waals surface area contributed by atoms with Gasteiger partial charge in [-0.1, -0.05) is 23.2 Å². The maximum atomic E-state index is 12.6. The van der Waals surface area contributed by atoms with Gasteiger partial charge in [-0.15, -0.1) is 11.3 Å². The van der Waals surface area contributed by atoms with Crippen LogP contribution in [0, 0.1) is 0 Å². The van der Waals surface area contributed by atoms with E-state index in [1.54, 1.807) is 35.2 Å². The highest BCUT2D eigenvalue weighted by molar-refractivity contribution is 9.11. The number of hydrogen-bond acceptors (Lipinski definition) is 4. The molecule has 1 amide bonds. The smallest absolute Gasteiger partial charge is 0.254 e. The summed E-state index contributed by atoms with van der Waals surface area (Å²) in [5.74, 6) is -0.208. The number of nitrogens with zero attached hydrogens (tertiary/aromatic N) is 2. The van der Waals surface area contributed by atoms with Crippen LogP contribution in [0.5, 0.6) is 0 Å². The van der Waals surface area contributed by atoms with E-state index in [9.17, 15) is 13.2 Å². The summed E-state index contributed by atoms with van der Waals surface area (Å²) in [6.07, 6.45) is 0. The van der Waals surface area contributed by atoms with Crippen LogP contribution in [-0.2, 0) is 10.0 Å². The van der Waals surface area contributed by atoms with Gasteiger partial charge in [-0.25, -0.2) is 8.42 Å². The summed E-state index contributed by atoms with van der Waals surface area (Å²) in [4.78, 5) is 14.2. The average Bonchev–Trinajstić information content (AvgIpc) is 3.01. The molecule has 1 aliphatic heterocycles. The number of hydrogen-bond donors (Lipinski definition) is 0. The molecule has 1 saturated heterocycles. The highest BCUT2D eigenvalue weighted by Gasteiger charge is 2.31. The third kappa shape index (κ3) is 4.20. The minimum absolute atomic E-state index is 0.208. The molecule has 1 aromatic heterocycles. The van der Waals surface area contributed by atoms with Crippen molar-refractivity contribution in [2.45, 2.75) is 4.21 Å². The molecule has 2 aromatic rings. The molecule has 0 saturated carbocycles. The average molecular weight is 484 g/mol. The Morgan fingerprint density at radius 2 is 1.64 bits per heavy atom. The second-order valence-corrected chi connectivity index (χ2v) is 10.9. The van der Waals surface area contributed by atoms with Crippen molar-refractivity contribution in [3.8, 4) is 0 Å². The highest BCUT2D eigenvalue weighted by Crippen LogP contribution is 2.29. The summed E-state index contributed by atoms with van der Waals surface area (Å²) in [5.41, 5.74) is 0.399. The molecule has 1 aromatic carbocycles. The summed E-state index contributed by atoms with van der Waals surface area (Å²) in [7, 11) is -3.53. The Balaban J connectivity index is 1.70. The van der Waals surface area contributed by atoms with Crippen molar-refractivity contribution in [2.75, 3.05) is 26.2 Å². The van der Waals surface area contributed by atoms with Crippen molar-refractivity contribution in [1.82, 2.24) is 9.21 Å². The van der Waals surface area contributed by atoms with Crippen molar-refractivity contribution >= 4 is 66.4 Å². The largest absolute Gasteiger partial charge is 0.336 e. The number of sulfonamides is 1. The summed E-state index contributed by atoms with van der Waals surface area (Å²) >= 11 is 16.3. The van der Waals surface area contributed by atoms with Crippen LogP contribution in [-0.4, -0.2) is 49.7 Å². The Morgan fingerprint density at radius 1 is 1.04 bits per heavy atom. The molecule has 0 radical (unpaired) electrons. The van der Waals surface area contributed by atoms with E-state index >= 15 is 0 Å². The van der Waals surface area contributed by atoms with Crippen LogP contribution in [0.1, 0.15) is 10.4 Å². The second kappa shape index (κ2) is 7.54. The van der Waals surface area contributed by atoms with Crippen LogP contribution in [0.4, 0.5) is 0 Å². The van der Waals surface area contributed by atoms with Crippen LogP contribution in [0.25, 0.3) is 0 Å². The molecule has 134 valence electrons. The molecular formula is C15H13BrCl2N2O3S2. The van der Waals surface area contributed by atoms with E-state index in [1.807, 2.05) is 0 Å². The lowest BCUT2D eigenvalue weighted by Crippen LogP contribution is -2.50. The molecule has 10 heteroatoms. The number of carbonyl (C=O) groups excluding carboxylic acids is 1. The molecule has 25 heavy (non-hydrogen) atoms. The van der Waals surface area contributed by atoms with Gasteiger partial charge in [-0.05, 0) is 46.3 Å². The monoisotopic (exact) mass is 482 g/mol. The lowest BCUT2D eigenvalue weighted by atomic mass is 10.2. The number of amides is 1. The van der Waals surface area contributed by atoms with E-state index in [0.717, 1.165) is 3.79 Å². The van der Waals surface area contributed by atoms with Crippen LogP contribution in [0.2, 0.25) is 10.0 Å². The Hall–Kier alpha value is -0.640. The molecule has 5 nitrogen and oxygen atoms in total. The van der Waals surface area contributed by atoms with E-state index in [-0.39, 0.29) is 19.0 Å². The zero-order valence-electron chi connectivity index (χ0n) is 12.8. The molecule has 0 N–H and O–H groups in total. The van der Waals surface area contributed by atoms with Gasteiger partial charge < -0.3 is 4.90 Å². The Labute approximate surface area is 168 Å². The molecule has 2 heterocycles. The van der Waals surface area contributed by atoms with E-state index in [1.165, 1.54) is 15.6 Å². The Bertz CT molecular complexity index is 889. The number of thiophene rings is 1. The molecule has 1 fully saturated rings. The zero-order chi connectivity index (χ0) is 18.2. The first-order chi connectivity index (χ1) is 11.8. The van der Waals surface area contributed by atoms with Crippen LogP contribution in [0.15, 0.2) is 38.3 Å². The van der Waals surface area contributed by atoms with E-state index < -0.39 is 10.0 Å². The molecule has 0 spiro atoms. The van der Waals surface area contributed by atoms with Crippen LogP contribution in [0.3, 0.4) is 0 Å². The topological polar surface area (TPSA) is 57.7 Å². The number of carbonyl (C=O) groups is 1. The van der Waals surface area contributed by atoms with Gasteiger partial charge in [-0.3, -0.25) is 4.79 Å². The maximum absolute atomic E-state index is 12.6. The van der Waals surface area contributed by atoms with Gasteiger partial charge in [0.1, 0.15) is 4.21 Å². The molecule has 0 bridgehead atoms. The van der Waals surface area contributed by atoms with Crippen molar-refractivity contribution in [3.05, 3.63) is 49.7 Å². The maximum Gasteiger partial charge on any atom is 0.254 e. The quantitative estimate of drug-likeness (QED) is 0.663. The number of piperazine rings is 1. The van der Waals surface area contributed by atoms with Crippen molar-refractivity contribution in [3.63, 3.8) is 0 Å². The van der Waals surface area contributed by atoms with Gasteiger partial charge in [0, 0.05) is 41.8 Å². The Kier molecular flexibility index (Phi) is 5.77. The van der Waals surface area contributed by atoms with Crippen molar-refractivity contribution in [1.29, 1.82) is 0 Å². The minimum Gasteiger partial charge on any atom is -0.336 e. The van der Waals surface area contributed by atoms with E-state index in [4.69, 9.17) is 23.2 Å². The van der Waals surface area contributed by atoms with Gasteiger partial charge in [0.2, 0.25) is 0 Å². The van der Waals surface area contributed by atoms with Crippen molar-refractivity contribution < 1.29 is 13.2 Å². The lowest BCUT2D eigenvalue weighted by molar-refractivity contribution is 0.0698. The molecule has 0 aliphatic carbocycles. The highest BCUT2D eigenvalue weighted by atomic mass is 79.9. The first kappa shape index (κ1) is 19.1. The van der Waals surface area contributed by atoms with Crippen LogP contribution >= 0.6 is 50.5 Å². The molecule has 3 rings (SSSR count). The summed E-state index contributed by atoms with van der Waals surface area (Å²) in [6.45, 7) is 1.12. The standard InChI is InChI=1S/C15H13BrCl2N2O3S2/c16-13-1-2-14(24-13)25(22,23)20-5-3-19(4-6-20)15(21)10-7-11(17)9-12(18)8-10/h1-2,7-9H,3-6H2. The van der Waals surface area contributed by atoms with Gasteiger partial charge >= 0.3 is 0 Å². The lowest BCUT2D eigenvalue weighted by Gasteiger charge is -2.33. The van der Waals surface area contributed by atoms with Gasteiger partial charge in [0.05, 0.1) is 3.79 Å². The fraction of sp³-hybridized carbons (Fsp3) is 0.267. The van der Waals surface area contributed by atoms with Crippen molar-refractivity contribution in [2.24, 2.45) is 0 Å². The first-order valence-corrected chi connectivity index (χ1v) is 11.1. The summed E-state index contributed by atoms with van der Waals surface area (Å²) < 4.78 is 27.7. The minimum atomic E-state index is -3.53. The number of rotatable bonds is 3. The van der Waals surface area contributed by atoms with Crippen LogP contribution < -0.4 is 0 Å². The molecule has 1 aliphatic rings. The molecule has 0 unspecified atom stereocenters. The van der Waals surface area contributed by atoms with Gasteiger partial charge in [0.25, 0.3) is 15.9 Å². The normalized spacial score (nSPS) is 16.2. The third-order valence-electron chi connectivity index (χ3n) is 3.78. The first-order valence-electron chi connectivity index (χ1n) is 7.28. The molecule has 0 atom stereocenters. The second-order valence-electron chi connectivity index (χ2n) is 5.41. The zero-order valence-corrected chi connectivity index (χ0v) is 17.5. The Morgan fingerprint density at radius 3 is 2.16 bits per heavy atom. The van der Waals surface area contributed by atoms with Gasteiger partial charge in [0.15, 0.2) is 0 Å². The predicted octanol–water partition coefficient (Wildman–Crippen LogP) is 3.96.